The molecule has 0 amide bonds. The lowest BCUT2D eigenvalue weighted by Gasteiger charge is -2.06. The normalized spacial score (nSPS) is 10.9. The van der Waals surface area contributed by atoms with Crippen molar-refractivity contribution in [2.75, 3.05) is 5.32 Å². The van der Waals surface area contributed by atoms with Crippen LogP contribution in [-0.4, -0.2) is 25.0 Å². The molecular weight excluding hydrogens is 324 g/mol. The third-order valence-electron chi connectivity index (χ3n) is 3.56. The number of fused-ring (bicyclic) bond motifs is 1. The van der Waals surface area contributed by atoms with Gasteiger partial charge < -0.3 is 5.32 Å². The van der Waals surface area contributed by atoms with Gasteiger partial charge in [-0.1, -0.05) is 53.2 Å². The van der Waals surface area contributed by atoms with Crippen LogP contribution in [0, 0.1) is 0 Å². The molecular formula is C17H13ClN6. The maximum Gasteiger partial charge on any atom is 0.184 e. The Morgan fingerprint density at radius 1 is 1.00 bits per heavy atom. The molecule has 0 bridgehead atoms. The summed E-state index contributed by atoms with van der Waals surface area (Å²) >= 11 is 6.02. The number of halogens is 1. The van der Waals surface area contributed by atoms with Crippen LogP contribution in [-0.2, 0) is 6.54 Å². The van der Waals surface area contributed by atoms with Crippen LogP contribution in [0.5, 0.6) is 0 Å². The predicted molar refractivity (Wildman–Crippen MR) is 93.4 cm³/mol. The molecule has 2 aromatic carbocycles. The van der Waals surface area contributed by atoms with Crippen molar-refractivity contribution in [1.29, 1.82) is 0 Å². The zero-order chi connectivity index (χ0) is 16.4. The van der Waals surface area contributed by atoms with Crippen LogP contribution in [0.1, 0.15) is 5.56 Å². The van der Waals surface area contributed by atoms with Crippen molar-refractivity contribution in [3.05, 3.63) is 71.5 Å². The van der Waals surface area contributed by atoms with Crippen LogP contribution < -0.4 is 5.32 Å². The molecule has 2 aromatic heterocycles. The summed E-state index contributed by atoms with van der Waals surface area (Å²) in [6.45, 7) is 0.602. The standard InChI is InChI=1S/C17H13ClN6/c18-13-7-4-8-14(9-13)21-16-15-17(20-11-19-16)24(23-22-15)10-12-5-2-1-3-6-12/h1-9,11H,10H2,(H,19,20,21). The van der Waals surface area contributed by atoms with E-state index in [1.54, 1.807) is 4.68 Å². The fraction of sp³-hybridized carbons (Fsp3) is 0.0588. The molecule has 0 fully saturated rings. The summed E-state index contributed by atoms with van der Waals surface area (Å²) in [5.41, 5.74) is 3.26. The summed E-state index contributed by atoms with van der Waals surface area (Å²) in [6.07, 6.45) is 1.50. The summed E-state index contributed by atoms with van der Waals surface area (Å²) in [4.78, 5) is 8.59. The number of hydrogen-bond donors (Lipinski definition) is 1. The van der Waals surface area contributed by atoms with Crippen molar-refractivity contribution in [2.45, 2.75) is 6.54 Å². The molecule has 0 saturated carbocycles. The lowest BCUT2D eigenvalue weighted by molar-refractivity contribution is 0.664. The van der Waals surface area contributed by atoms with E-state index in [-0.39, 0.29) is 0 Å². The van der Waals surface area contributed by atoms with Gasteiger partial charge in [0.25, 0.3) is 0 Å². The highest BCUT2D eigenvalue weighted by Gasteiger charge is 2.12. The Morgan fingerprint density at radius 2 is 1.88 bits per heavy atom. The summed E-state index contributed by atoms with van der Waals surface area (Å²) in [5.74, 6) is 0.599. The van der Waals surface area contributed by atoms with Gasteiger partial charge in [0.2, 0.25) is 0 Å². The Bertz CT molecular complexity index is 983. The van der Waals surface area contributed by atoms with Gasteiger partial charge in [0.15, 0.2) is 17.0 Å². The quantitative estimate of drug-likeness (QED) is 0.616. The second kappa shape index (κ2) is 6.25. The SMILES string of the molecule is Clc1cccc(Nc2ncnc3c2nnn3Cc2ccccc2)c1. The van der Waals surface area contributed by atoms with Crippen molar-refractivity contribution >= 4 is 34.3 Å². The van der Waals surface area contributed by atoms with Crippen LogP contribution in [0.15, 0.2) is 60.9 Å². The van der Waals surface area contributed by atoms with E-state index in [0.717, 1.165) is 11.3 Å². The Morgan fingerprint density at radius 3 is 2.71 bits per heavy atom. The summed E-state index contributed by atoms with van der Waals surface area (Å²) < 4.78 is 1.76. The highest BCUT2D eigenvalue weighted by Crippen LogP contribution is 2.23. The van der Waals surface area contributed by atoms with Crippen LogP contribution in [0.3, 0.4) is 0 Å². The Hall–Kier alpha value is -2.99. The number of nitrogens with zero attached hydrogens (tertiary/aromatic N) is 5. The fourth-order valence-electron chi connectivity index (χ4n) is 2.45. The molecule has 0 aliphatic rings. The molecule has 0 aliphatic heterocycles. The lowest BCUT2D eigenvalue weighted by atomic mass is 10.2. The molecule has 0 aliphatic carbocycles. The van der Waals surface area contributed by atoms with Crippen molar-refractivity contribution in [3.63, 3.8) is 0 Å². The Kier molecular flexibility index (Phi) is 3.80. The number of hydrogen-bond acceptors (Lipinski definition) is 5. The molecule has 7 heteroatoms. The first-order valence-corrected chi connectivity index (χ1v) is 7.78. The van der Waals surface area contributed by atoms with E-state index < -0.39 is 0 Å². The minimum absolute atomic E-state index is 0.599. The summed E-state index contributed by atoms with van der Waals surface area (Å²) in [7, 11) is 0. The number of aromatic nitrogens is 5. The maximum atomic E-state index is 6.02. The van der Waals surface area contributed by atoms with E-state index in [9.17, 15) is 0 Å². The van der Waals surface area contributed by atoms with Gasteiger partial charge in [0.1, 0.15) is 6.33 Å². The highest BCUT2D eigenvalue weighted by atomic mass is 35.5. The molecule has 118 valence electrons. The Balaban J connectivity index is 1.68. The molecule has 1 N–H and O–H groups in total. The lowest BCUT2D eigenvalue weighted by Crippen LogP contribution is -2.03. The van der Waals surface area contributed by atoms with Crippen LogP contribution >= 0.6 is 11.6 Å². The molecule has 0 atom stereocenters. The largest absolute Gasteiger partial charge is 0.338 e. The van der Waals surface area contributed by atoms with Crippen molar-refractivity contribution in [3.8, 4) is 0 Å². The van der Waals surface area contributed by atoms with E-state index in [1.165, 1.54) is 6.33 Å². The highest BCUT2D eigenvalue weighted by molar-refractivity contribution is 6.30. The van der Waals surface area contributed by atoms with E-state index in [1.807, 2.05) is 54.6 Å². The molecule has 4 rings (SSSR count). The number of benzene rings is 2. The summed E-state index contributed by atoms with van der Waals surface area (Å²) in [5, 5.41) is 12.3. The summed E-state index contributed by atoms with van der Waals surface area (Å²) in [6, 6.07) is 17.5. The smallest absolute Gasteiger partial charge is 0.184 e. The zero-order valence-corrected chi connectivity index (χ0v) is 13.4. The molecule has 0 radical (unpaired) electrons. The van der Waals surface area contributed by atoms with Gasteiger partial charge in [-0.15, -0.1) is 5.10 Å². The second-order valence-electron chi connectivity index (χ2n) is 5.26. The first-order valence-electron chi connectivity index (χ1n) is 7.40. The average Bonchev–Trinajstić information content (AvgIpc) is 3.00. The maximum absolute atomic E-state index is 6.02. The number of nitrogens with one attached hydrogen (secondary N) is 1. The minimum atomic E-state index is 0.599. The van der Waals surface area contributed by atoms with Crippen LogP contribution in [0.25, 0.3) is 11.2 Å². The average molecular weight is 337 g/mol. The minimum Gasteiger partial charge on any atom is -0.338 e. The van der Waals surface area contributed by atoms with Gasteiger partial charge in [0, 0.05) is 10.7 Å². The first kappa shape index (κ1) is 14.6. The Labute approximate surface area is 143 Å². The van der Waals surface area contributed by atoms with Gasteiger partial charge in [0.05, 0.1) is 6.54 Å². The molecule has 0 unspecified atom stereocenters. The van der Waals surface area contributed by atoms with E-state index in [4.69, 9.17) is 11.6 Å². The second-order valence-corrected chi connectivity index (χ2v) is 5.70. The van der Waals surface area contributed by atoms with Crippen molar-refractivity contribution in [2.24, 2.45) is 0 Å². The molecule has 6 nitrogen and oxygen atoms in total. The van der Waals surface area contributed by atoms with Crippen molar-refractivity contribution in [1.82, 2.24) is 25.0 Å². The van der Waals surface area contributed by atoms with E-state index in [0.29, 0.717) is 28.5 Å². The van der Waals surface area contributed by atoms with Crippen LogP contribution in [0.4, 0.5) is 11.5 Å². The van der Waals surface area contributed by atoms with E-state index >= 15 is 0 Å². The molecule has 0 saturated heterocycles. The molecule has 4 aromatic rings. The predicted octanol–water partition coefficient (Wildman–Crippen LogP) is 3.67. The number of rotatable bonds is 4. The van der Waals surface area contributed by atoms with Gasteiger partial charge >= 0.3 is 0 Å². The van der Waals surface area contributed by atoms with Gasteiger partial charge in [-0.3, -0.25) is 0 Å². The number of anilines is 2. The molecule has 0 spiro atoms. The molecule has 2 heterocycles. The topological polar surface area (TPSA) is 68.5 Å². The fourth-order valence-corrected chi connectivity index (χ4v) is 2.64. The van der Waals surface area contributed by atoms with Gasteiger partial charge in [-0.2, -0.15) is 0 Å². The molecule has 24 heavy (non-hydrogen) atoms. The zero-order valence-electron chi connectivity index (χ0n) is 12.6. The van der Waals surface area contributed by atoms with Crippen molar-refractivity contribution < 1.29 is 0 Å². The monoisotopic (exact) mass is 336 g/mol. The van der Waals surface area contributed by atoms with E-state index in [2.05, 4.69) is 25.6 Å². The van der Waals surface area contributed by atoms with Gasteiger partial charge in [-0.25, -0.2) is 14.6 Å². The van der Waals surface area contributed by atoms with Gasteiger partial charge in [-0.05, 0) is 23.8 Å². The van der Waals surface area contributed by atoms with Crippen LogP contribution in [0.2, 0.25) is 5.02 Å². The first-order chi connectivity index (χ1) is 11.8. The third-order valence-corrected chi connectivity index (χ3v) is 3.80. The third kappa shape index (κ3) is 2.91.